The molecule has 1 fully saturated rings. The van der Waals surface area contributed by atoms with E-state index < -0.39 is 6.10 Å². The zero-order valence-electron chi connectivity index (χ0n) is 6.56. The maximum atomic E-state index is 11.2. The van der Waals surface area contributed by atoms with Gasteiger partial charge in [-0.25, -0.2) is 0 Å². The minimum absolute atomic E-state index is 0.00356. The minimum atomic E-state index is -0.617. The molecule has 0 bridgehead atoms. The predicted octanol–water partition coefficient (Wildman–Crippen LogP) is 0.0815. The molecule has 0 unspecified atom stereocenters. The van der Waals surface area contributed by atoms with Crippen molar-refractivity contribution in [3.8, 4) is 0 Å². The maximum absolute atomic E-state index is 11.2. The lowest BCUT2D eigenvalue weighted by Crippen LogP contribution is -2.41. The van der Waals surface area contributed by atoms with Gasteiger partial charge in [0, 0.05) is 18.3 Å². The van der Waals surface area contributed by atoms with Gasteiger partial charge in [0.15, 0.2) is 5.78 Å². The monoisotopic (exact) mass is 166 g/mol. The maximum Gasteiger partial charge on any atom is 0.159 e. The molecule has 3 atom stereocenters. The van der Waals surface area contributed by atoms with Crippen molar-refractivity contribution in [1.82, 2.24) is 0 Å². The van der Waals surface area contributed by atoms with Crippen molar-refractivity contribution in [1.29, 1.82) is 0 Å². The summed E-state index contributed by atoms with van der Waals surface area (Å²) in [7, 11) is 0. The molecule has 2 aliphatic carbocycles. The SMILES string of the molecule is O=C1C=C[C@@H](O)C[C@H]2C(=O)C[C@@H]12. The van der Waals surface area contributed by atoms with Crippen molar-refractivity contribution in [3.05, 3.63) is 12.2 Å². The van der Waals surface area contributed by atoms with Gasteiger partial charge in [-0.15, -0.1) is 0 Å². The lowest BCUT2D eigenvalue weighted by atomic mass is 9.69. The predicted molar refractivity (Wildman–Crippen MR) is 41.4 cm³/mol. The second kappa shape index (κ2) is 2.52. The molecule has 0 aromatic rings. The van der Waals surface area contributed by atoms with Gasteiger partial charge in [-0.05, 0) is 12.5 Å². The van der Waals surface area contributed by atoms with Crippen LogP contribution in [0.4, 0.5) is 0 Å². The summed E-state index contributed by atoms with van der Waals surface area (Å²) in [4.78, 5) is 22.2. The van der Waals surface area contributed by atoms with E-state index in [2.05, 4.69) is 0 Å². The summed E-state index contributed by atoms with van der Waals surface area (Å²) < 4.78 is 0. The van der Waals surface area contributed by atoms with E-state index >= 15 is 0 Å². The summed E-state index contributed by atoms with van der Waals surface area (Å²) in [5, 5.41) is 9.26. The third-order valence-electron chi connectivity index (χ3n) is 2.66. The minimum Gasteiger partial charge on any atom is -0.389 e. The zero-order valence-corrected chi connectivity index (χ0v) is 6.56. The topological polar surface area (TPSA) is 54.4 Å². The first-order chi connectivity index (χ1) is 5.68. The van der Waals surface area contributed by atoms with E-state index in [1.54, 1.807) is 0 Å². The molecule has 0 heterocycles. The van der Waals surface area contributed by atoms with Crippen molar-refractivity contribution in [2.24, 2.45) is 11.8 Å². The van der Waals surface area contributed by atoms with Gasteiger partial charge >= 0.3 is 0 Å². The summed E-state index contributed by atoms with van der Waals surface area (Å²) in [5.74, 6) is -0.222. The number of hydrogen-bond donors (Lipinski definition) is 1. The van der Waals surface area contributed by atoms with Crippen LogP contribution in [0.5, 0.6) is 0 Å². The highest BCUT2D eigenvalue weighted by Gasteiger charge is 2.44. The molecule has 0 saturated heterocycles. The van der Waals surface area contributed by atoms with Crippen molar-refractivity contribution in [3.63, 3.8) is 0 Å². The number of aliphatic hydroxyl groups excluding tert-OH is 1. The van der Waals surface area contributed by atoms with Gasteiger partial charge in [0.1, 0.15) is 5.78 Å². The molecular weight excluding hydrogens is 156 g/mol. The van der Waals surface area contributed by atoms with Gasteiger partial charge in [-0.3, -0.25) is 9.59 Å². The van der Waals surface area contributed by atoms with Crippen LogP contribution in [-0.4, -0.2) is 22.8 Å². The number of allylic oxidation sites excluding steroid dienone is 1. The Morgan fingerprint density at radius 3 is 2.75 bits per heavy atom. The highest BCUT2D eigenvalue weighted by Crippen LogP contribution is 2.36. The number of aliphatic hydroxyl groups is 1. The van der Waals surface area contributed by atoms with Crippen molar-refractivity contribution >= 4 is 11.6 Å². The Balaban J connectivity index is 2.20. The molecule has 2 aliphatic rings. The molecule has 1 N–H and O–H groups in total. The highest BCUT2D eigenvalue weighted by molar-refractivity contribution is 6.04. The van der Waals surface area contributed by atoms with E-state index in [4.69, 9.17) is 0 Å². The smallest absolute Gasteiger partial charge is 0.159 e. The van der Waals surface area contributed by atoms with Crippen LogP contribution in [0.3, 0.4) is 0 Å². The molecule has 0 aromatic carbocycles. The number of carbonyl (C=O) groups is 2. The molecule has 3 heteroatoms. The molecule has 2 rings (SSSR count). The Labute approximate surface area is 70.1 Å². The molecule has 1 saturated carbocycles. The lowest BCUT2D eigenvalue weighted by Gasteiger charge is -2.32. The largest absolute Gasteiger partial charge is 0.389 e. The Morgan fingerprint density at radius 1 is 1.33 bits per heavy atom. The molecule has 12 heavy (non-hydrogen) atoms. The quantitative estimate of drug-likeness (QED) is 0.554. The normalized spacial score (nSPS) is 40.2. The summed E-state index contributed by atoms with van der Waals surface area (Å²) in [6.07, 6.45) is 3.07. The summed E-state index contributed by atoms with van der Waals surface area (Å²) in [5.41, 5.74) is 0. The van der Waals surface area contributed by atoms with Crippen LogP contribution in [0.1, 0.15) is 12.8 Å². The molecule has 0 amide bonds. The van der Waals surface area contributed by atoms with E-state index in [1.807, 2.05) is 0 Å². The van der Waals surface area contributed by atoms with Gasteiger partial charge < -0.3 is 5.11 Å². The number of Topliss-reactive ketones (excluding diaryl/α,β-unsaturated/α-hetero) is 1. The van der Waals surface area contributed by atoms with Crippen LogP contribution in [0.25, 0.3) is 0 Å². The number of ketones is 2. The Kier molecular flexibility index (Phi) is 1.61. The number of carbonyl (C=O) groups excluding carboxylic acids is 2. The Bertz CT molecular complexity index is 267. The standard InChI is InChI=1S/C9H10O3/c10-5-1-2-8(11)7-4-9(12)6(7)3-5/h1-2,5-7,10H,3-4H2/t5-,6-,7-/m1/s1. The van der Waals surface area contributed by atoms with Crippen LogP contribution in [0.2, 0.25) is 0 Å². The van der Waals surface area contributed by atoms with E-state index in [1.165, 1.54) is 12.2 Å². The fraction of sp³-hybridized carbons (Fsp3) is 0.556. The van der Waals surface area contributed by atoms with Crippen LogP contribution >= 0.6 is 0 Å². The molecular formula is C9H10O3. The summed E-state index contributed by atoms with van der Waals surface area (Å²) in [6, 6.07) is 0. The Hall–Kier alpha value is -0.960. The van der Waals surface area contributed by atoms with Crippen molar-refractivity contribution in [2.45, 2.75) is 18.9 Å². The van der Waals surface area contributed by atoms with E-state index in [-0.39, 0.29) is 23.4 Å². The van der Waals surface area contributed by atoms with E-state index in [9.17, 15) is 14.7 Å². The van der Waals surface area contributed by atoms with Gasteiger partial charge in [0.25, 0.3) is 0 Å². The Morgan fingerprint density at radius 2 is 2.08 bits per heavy atom. The first-order valence-electron chi connectivity index (χ1n) is 4.11. The number of fused-ring (bicyclic) bond motifs is 1. The van der Waals surface area contributed by atoms with E-state index in [0.717, 1.165) is 0 Å². The third-order valence-corrected chi connectivity index (χ3v) is 2.66. The average Bonchev–Trinajstić information content (AvgIpc) is 2.14. The first kappa shape index (κ1) is 7.68. The third kappa shape index (κ3) is 1.01. The molecule has 0 spiro atoms. The lowest BCUT2D eigenvalue weighted by molar-refractivity contribution is -0.142. The average molecular weight is 166 g/mol. The fourth-order valence-corrected chi connectivity index (χ4v) is 1.84. The zero-order chi connectivity index (χ0) is 8.72. The van der Waals surface area contributed by atoms with Gasteiger partial charge in [-0.2, -0.15) is 0 Å². The molecule has 0 radical (unpaired) electrons. The summed E-state index contributed by atoms with van der Waals surface area (Å²) >= 11 is 0. The molecule has 0 aliphatic heterocycles. The van der Waals surface area contributed by atoms with Crippen LogP contribution in [-0.2, 0) is 9.59 Å². The van der Waals surface area contributed by atoms with Crippen LogP contribution < -0.4 is 0 Å². The highest BCUT2D eigenvalue weighted by atomic mass is 16.3. The van der Waals surface area contributed by atoms with Crippen LogP contribution in [0, 0.1) is 11.8 Å². The second-order valence-electron chi connectivity index (χ2n) is 3.45. The molecule has 3 nitrogen and oxygen atoms in total. The van der Waals surface area contributed by atoms with Gasteiger partial charge in [0.05, 0.1) is 6.10 Å². The van der Waals surface area contributed by atoms with Crippen molar-refractivity contribution < 1.29 is 14.7 Å². The van der Waals surface area contributed by atoms with Gasteiger partial charge in [-0.1, -0.05) is 6.08 Å². The van der Waals surface area contributed by atoms with E-state index in [0.29, 0.717) is 12.8 Å². The first-order valence-corrected chi connectivity index (χ1v) is 4.11. The van der Waals surface area contributed by atoms with Gasteiger partial charge in [0.2, 0.25) is 0 Å². The number of hydrogen-bond acceptors (Lipinski definition) is 3. The van der Waals surface area contributed by atoms with Crippen LogP contribution in [0.15, 0.2) is 12.2 Å². The van der Waals surface area contributed by atoms with Crippen molar-refractivity contribution in [2.75, 3.05) is 0 Å². The second-order valence-corrected chi connectivity index (χ2v) is 3.45. The molecule has 64 valence electrons. The number of rotatable bonds is 0. The molecule has 0 aromatic heterocycles. The fourth-order valence-electron chi connectivity index (χ4n) is 1.84. The summed E-state index contributed by atoms with van der Waals surface area (Å²) in [6.45, 7) is 0.